The lowest BCUT2D eigenvalue weighted by molar-refractivity contribution is -0.108. The fraction of sp³-hybridized carbons (Fsp3) is 0.500. The van der Waals surface area contributed by atoms with Gasteiger partial charge in [0, 0.05) is 6.04 Å². The predicted octanol–water partition coefficient (Wildman–Crippen LogP) is 0.865. The minimum atomic E-state index is -0.527. The van der Waals surface area contributed by atoms with E-state index >= 15 is 0 Å². The maximum atomic E-state index is 11.1. The van der Waals surface area contributed by atoms with Crippen molar-refractivity contribution >= 4 is 12.2 Å². The first kappa shape index (κ1) is 11.4. The van der Waals surface area contributed by atoms with Crippen molar-refractivity contribution in [2.24, 2.45) is 5.73 Å². The summed E-state index contributed by atoms with van der Waals surface area (Å²) in [6.45, 7) is 5.52. The molecule has 0 radical (unpaired) electrons. The quantitative estimate of drug-likeness (QED) is 0.747. The number of aromatic nitrogens is 2. The van der Waals surface area contributed by atoms with Crippen LogP contribution in [0.4, 0.5) is 0 Å². The third-order valence-corrected chi connectivity index (χ3v) is 2.17. The minimum Gasteiger partial charge on any atom is -0.364 e. The Morgan fingerprint density at radius 1 is 1.53 bits per heavy atom. The van der Waals surface area contributed by atoms with Crippen molar-refractivity contribution < 1.29 is 9.59 Å². The maximum Gasteiger partial charge on any atom is 0.266 e. The average molecular weight is 209 g/mol. The number of nitrogens with zero attached hydrogens (tertiary/aromatic N) is 2. The van der Waals surface area contributed by atoms with Crippen molar-refractivity contribution in [2.75, 3.05) is 0 Å². The summed E-state index contributed by atoms with van der Waals surface area (Å²) in [4.78, 5) is 21.7. The Balaban J connectivity index is 3.20. The van der Waals surface area contributed by atoms with E-state index in [1.807, 2.05) is 13.8 Å². The summed E-state index contributed by atoms with van der Waals surface area (Å²) < 4.78 is 1.54. The molecule has 0 fully saturated rings. The normalized spacial score (nSPS) is 12.8. The summed E-state index contributed by atoms with van der Waals surface area (Å²) in [5.74, 6) is -0.844. The average Bonchev–Trinajstić information content (AvgIpc) is 2.61. The van der Waals surface area contributed by atoms with Crippen LogP contribution in [0.1, 0.15) is 48.9 Å². The highest BCUT2D eigenvalue weighted by atomic mass is 16.1. The summed E-state index contributed by atoms with van der Waals surface area (Å²) in [5, 5.41) is 4.19. The highest BCUT2D eigenvalue weighted by Crippen LogP contribution is 2.16. The Hall–Kier alpha value is -1.65. The fourth-order valence-corrected chi connectivity index (χ4v) is 1.28. The van der Waals surface area contributed by atoms with Crippen molar-refractivity contribution in [2.45, 2.75) is 32.7 Å². The summed E-state index contributed by atoms with van der Waals surface area (Å²) in [5.41, 5.74) is 6.14. The highest BCUT2D eigenvalue weighted by Gasteiger charge is 2.17. The molecule has 0 saturated heterocycles. The second-order valence-electron chi connectivity index (χ2n) is 3.78. The molecule has 0 aliphatic heterocycles. The van der Waals surface area contributed by atoms with Crippen molar-refractivity contribution in [3.8, 4) is 0 Å². The molecule has 1 amide bonds. The number of hydrogen-bond donors (Lipinski definition) is 1. The van der Waals surface area contributed by atoms with E-state index in [2.05, 4.69) is 5.10 Å². The van der Waals surface area contributed by atoms with Gasteiger partial charge in [0.15, 0.2) is 0 Å². The van der Waals surface area contributed by atoms with Gasteiger partial charge in [-0.25, -0.2) is 0 Å². The predicted molar refractivity (Wildman–Crippen MR) is 55.6 cm³/mol. The summed E-state index contributed by atoms with van der Waals surface area (Å²) in [6.07, 6.45) is 0.789. The van der Waals surface area contributed by atoms with Gasteiger partial charge in [-0.2, -0.15) is 5.10 Å². The van der Waals surface area contributed by atoms with Crippen molar-refractivity contribution in [1.82, 2.24) is 9.78 Å². The number of carbonyl (C=O) groups is 2. The van der Waals surface area contributed by atoms with E-state index in [0.29, 0.717) is 11.4 Å². The maximum absolute atomic E-state index is 11.1. The monoisotopic (exact) mass is 209 g/mol. The zero-order valence-electron chi connectivity index (χ0n) is 9.10. The van der Waals surface area contributed by atoms with E-state index in [0.717, 1.165) is 6.29 Å². The zero-order valence-corrected chi connectivity index (χ0v) is 9.10. The van der Waals surface area contributed by atoms with Gasteiger partial charge < -0.3 is 10.5 Å². The molecule has 0 aliphatic carbocycles. The molecule has 1 unspecified atom stereocenters. The Kier molecular flexibility index (Phi) is 3.24. The van der Waals surface area contributed by atoms with Gasteiger partial charge in [0.25, 0.3) is 5.91 Å². The molecule has 15 heavy (non-hydrogen) atoms. The first-order valence-corrected chi connectivity index (χ1v) is 4.82. The van der Waals surface area contributed by atoms with Gasteiger partial charge in [-0.05, 0) is 19.9 Å². The zero-order chi connectivity index (χ0) is 11.6. The smallest absolute Gasteiger partial charge is 0.266 e. The molecule has 5 nitrogen and oxygen atoms in total. The second-order valence-corrected chi connectivity index (χ2v) is 3.78. The highest BCUT2D eigenvalue weighted by molar-refractivity contribution is 5.91. The Labute approximate surface area is 88.3 Å². The second kappa shape index (κ2) is 4.25. The number of amides is 1. The van der Waals surface area contributed by atoms with Crippen LogP contribution in [0.5, 0.6) is 0 Å². The number of rotatable bonds is 4. The number of nitrogens with two attached hydrogens (primary N) is 1. The third-order valence-electron chi connectivity index (χ3n) is 2.17. The minimum absolute atomic E-state index is 0.0418. The molecule has 0 aliphatic rings. The van der Waals surface area contributed by atoms with Crippen molar-refractivity contribution in [3.05, 3.63) is 17.5 Å². The molecular formula is C10H15N3O2. The molecular weight excluding hydrogens is 194 g/mol. The van der Waals surface area contributed by atoms with Gasteiger partial charge >= 0.3 is 0 Å². The topological polar surface area (TPSA) is 78.0 Å². The summed E-state index contributed by atoms with van der Waals surface area (Å²) in [7, 11) is 0. The number of hydrogen-bond acceptors (Lipinski definition) is 3. The first-order chi connectivity index (χ1) is 6.97. The van der Waals surface area contributed by atoms with Crippen LogP contribution in [-0.4, -0.2) is 22.0 Å². The lowest BCUT2D eigenvalue weighted by Gasteiger charge is -2.07. The Morgan fingerprint density at radius 2 is 2.13 bits per heavy atom. The molecule has 1 aromatic heterocycles. The molecule has 0 bridgehead atoms. The van der Waals surface area contributed by atoms with E-state index in [1.54, 1.807) is 13.0 Å². The van der Waals surface area contributed by atoms with Crippen LogP contribution in [0.15, 0.2) is 6.07 Å². The van der Waals surface area contributed by atoms with Crippen LogP contribution in [-0.2, 0) is 4.79 Å². The fourth-order valence-electron chi connectivity index (χ4n) is 1.28. The number of aldehydes is 1. The molecule has 1 aromatic rings. The third kappa shape index (κ3) is 2.23. The van der Waals surface area contributed by atoms with E-state index < -0.39 is 5.91 Å². The van der Waals surface area contributed by atoms with E-state index in [9.17, 15) is 9.59 Å². The first-order valence-electron chi connectivity index (χ1n) is 4.82. The van der Waals surface area contributed by atoms with E-state index in [4.69, 9.17) is 5.73 Å². The summed E-state index contributed by atoms with van der Waals surface area (Å²) >= 11 is 0. The van der Waals surface area contributed by atoms with Crippen LogP contribution in [0.2, 0.25) is 0 Å². The standard InChI is InChI=1S/C10H15N3O2/c1-6(2)13-9(10(11)15)4-8(12-13)7(3)5-14/h4-7H,1-3H3,(H2,11,15). The van der Waals surface area contributed by atoms with Gasteiger partial charge in [-0.3, -0.25) is 9.48 Å². The Morgan fingerprint density at radius 3 is 2.47 bits per heavy atom. The Bertz CT molecular complexity index is 382. The molecule has 0 saturated carbocycles. The van der Waals surface area contributed by atoms with Crippen molar-refractivity contribution in [1.29, 1.82) is 0 Å². The van der Waals surface area contributed by atoms with Gasteiger partial charge in [0.05, 0.1) is 11.6 Å². The number of primary amides is 1. The van der Waals surface area contributed by atoms with Crippen LogP contribution in [0.3, 0.4) is 0 Å². The molecule has 0 aromatic carbocycles. The lowest BCUT2D eigenvalue weighted by Crippen LogP contribution is -2.18. The summed E-state index contributed by atoms with van der Waals surface area (Å²) in [6, 6.07) is 1.61. The lowest BCUT2D eigenvalue weighted by atomic mass is 10.1. The van der Waals surface area contributed by atoms with Gasteiger partial charge in [0.1, 0.15) is 12.0 Å². The number of carbonyl (C=O) groups excluding carboxylic acids is 2. The molecule has 82 valence electrons. The van der Waals surface area contributed by atoms with Crippen LogP contribution in [0, 0.1) is 0 Å². The van der Waals surface area contributed by atoms with Crippen LogP contribution in [0.25, 0.3) is 0 Å². The van der Waals surface area contributed by atoms with Crippen LogP contribution < -0.4 is 5.73 Å². The molecule has 1 heterocycles. The molecule has 0 spiro atoms. The SMILES string of the molecule is CC(C=O)c1cc(C(N)=O)n(C(C)C)n1. The molecule has 1 atom stereocenters. The van der Waals surface area contributed by atoms with Crippen LogP contribution >= 0.6 is 0 Å². The van der Waals surface area contributed by atoms with Gasteiger partial charge in [-0.1, -0.05) is 6.92 Å². The molecule has 5 heteroatoms. The molecule has 1 rings (SSSR count). The van der Waals surface area contributed by atoms with Gasteiger partial charge in [0.2, 0.25) is 0 Å². The molecule has 2 N–H and O–H groups in total. The van der Waals surface area contributed by atoms with E-state index in [1.165, 1.54) is 4.68 Å². The van der Waals surface area contributed by atoms with Gasteiger partial charge in [-0.15, -0.1) is 0 Å². The largest absolute Gasteiger partial charge is 0.364 e. The van der Waals surface area contributed by atoms with Crippen molar-refractivity contribution in [3.63, 3.8) is 0 Å². The van der Waals surface area contributed by atoms with E-state index in [-0.39, 0.29) is 12.0 Å².